The maximum absolute atomic E-state index is 11.1. The summed E-state index contributed by atoms with van der Waals surface area (Å²) in [6.07, 6.45) is 2.06. The van der Waals surface area contributed by atoms with Gasteiger partial charge in [-0.1, -0.05) is 18.2 Å². The van der Waals surface area contributed by atoms with Crippen LogP contribution >= 0.6 is 12.4 Å². The lowest BCUT2D eigenvalue weighted by Gasteiger charge is -2.05. The van der Waals surface area contributed by atoms with Crippen LogP contribution in [0.15, 0.2) is 42.5 Å². The van der Waals surface area contributed by atoms with Gasteiger partial charge in [-0.15, -0.1) is 12.4 Å². The van der Waals surface area contributed by atoms with Gasteiger partial charge in [-0.3, -0.25) is 0 Å². The maximum Gasteiger partial charge on any atom is 0.331 e. The number of ether oxygens (including phenoxy) is 2. The Labute approximate surface area is 118 Å². The van der Waals surface area contributed by atoms with Crippen molar-refractivity contribution >= 4 is 30.0 Å². The van der Waals surface area contributed by atoms with E-state index < -0.39 is 11.9 Å². The fourth-order valence-corrected chi connectivity index (χ4v) is 1.16. The summed E-state index contributed by atoms with van der Waals surface area (Å²) >= 11 is 0. The number of carbonyl (C=O) groups excluding carboxylic acids is 2. The Hall–Kier alpha value is -2.01. The van der Waals surface area contributed by atoms with E-state index >= 15 is 0 Å². The number of nitrogens with one attached hydrogen (secondary N) is 1. The summed E-state index contributed by atoms with van der Waals surface area (Å²) in [5.41, 5.74) is 0.957. The lowest BCUT2D eigenvalue weighted by atomic mass is 10.3. The van der Waals surface area contributed by atoms with Crippen LogP contribution in [0.3, 0.4) is 0 Å². The van der Waals surface area contributed by atoms with Crippen molar-refractivity contribution in [1.29, 1.82) is 0 Å². The molecule has 1 rings (SSSR count). The number of anilines is 1. The minimum absolute atomic E-state index is 0. The topological polar surface area (TPSA) is 64.6 Å². The van der Waals surface area contributed by atoms with Crippen LogP contribution in [-0.4, -0.2) is 32.2 Å². The van der Waals surface area contributed by atoms with Crippen LogP contribution < -0.4 is 5.32 Å². The lowest BCUT2D eigenvalue weighted by Crippen LogP contribution is -2.12. The molecule has 0 aliphatic heterocycles. The van der Waals surface area contributed by atoms with Gasteiger partial charge in [0.05, 0.1) is 7.11 Å². The fraction of sp³-hybridized carbons (Fsp3) is 0.231. The van der Waals surface area contributed by atoms with E-state index in [0.29, 0.717) is 6.54 Å². The molecule has 0 heterocycles. The number of hydrogen-bond donors (Lipinski definition) is 1. The molecule has 0 aliphatic rings. The molecule has 0 atom stereocenters. The van der Waals surface area contributed by atoms with E-state index in [1.54, 1.807) is 0 Å². The van der Waals surface area contributed by atoms with Crippen molar-refractivity contribution in [3.05, 3.63) is 42.5 Å². The number of methoxy groups -OCH3 is 1. The zero-order valence-electron chi connectivity index (χ0n) is 10.5. The second-order valence-electron chi connectivity index (χ2n) is 3.32. The van der Waals surface area contributed by atoms with Gasteiger partial charge in [0, 0.05) is 24.4 Å². The van der Waals surface area contributed by atoms with Crippen molar-refractivity contribution in [2.45, 2.75) is 0 Å². The highest BCUT2D eigenvalue weighted by molar-refractivity contribution is 5.91. The highest BCUT2D eigenvalue weighted by Gasteiger charge is 1.99. The molecular formula is C13H16ClNO4. The maximum atomic E-state index is 11.1. The quantitative estimate of drug-likeness (QED) is 0.490. The van der Waals surface area contributed by atoms with Gasteiger partial charge in [-0.05, 0) is 12.1 Å². The summed E-state index contributed by atoms with van der Waals surface area (Å²) in [6, 6.07) is 9.57. The second-order valence-corrected chi connectivity index (χ2v) is 3.32. The lowest BCUT2D eigenvalue weighted by molar-refractivity contribution is -0.139. The molecule has 1 N–H and O–H groups in total. The number of rotatable bonds is 6. The zero-order valence-corrected chi connectivity index (χ0v) is 11.3. The highest BCUT2D eigenvalue weighted by Crippen LogP contribution is 2.03. The molecule has 104 valence electrons. The highest BCUT2D eigenvalue weighted by atomic mass is 35.5. The summed E-state index contributed by atoms with van der Waals surface area (Å²) in [6.45, 7) is 0.723. The van der Waals surface area contributed by atoms with Crippen molar-refractivity contribution in [2.24, 2.45) is 0 Å². The van der Waals surface area contributed by atoms with E-state index in [-0.39, 0.29) is 19.0 Å². The first kappa shape index (κ1) is 17.0. The molecule has 0 saturated carbocycles. The molecule has 0 fully saturated rings. The minimum atomic E-state index is -0.589. The Bertz CT molecular complexity index is 420. The van der Waals surface area contributed by atoms with E-state index in [1.165, 1.54) is 7.11 Å². The van der Waals surface area contributed by atoms with Crippen molar-refractivity contribution < 1.29 is 19.1 Å². The summed E-state index contributed by atoms with van der Waals surface area (Å²) in [5, 5.41) is 3.08. The van der Waals surface area contributed by atoms with Crippen LogP contribution in [0.25, 0.3) is 0 Å². The SMILES string of the molecule is COC(=O)/C=C/C(=O)OCCNc1ccccc1.Cl. The molecule has 5 nitrogen and oxygen atoms in total. The van der Waals surface area contributed by atoms with Gasteiger partial charge in [0.1, 0.15) is 6.61 Å². The van der Waals surface area contributed by atoms with Gasteiger partial charge in [0.25, 0.3) is 0 Å². The molecule has 6 heteroatoms. The summed E-state index contributed by atoms with van der Waals surface area (Å²) in [7, 11) is 1.24. The van der Waals surface area contributed by atoms with Gasteiger partial charge >= 0.3 is 11.9 Å². The minimum Gasteiger partial charge on any atom is -0.466 e. The predicted octanol–water partition coefficient (Wildman–Crippen LogP) is 1.79. The molecule has 1 aromatic rings. The van der Waals surface area contributed by atoms with Crippen molar-refractivity contribution in [3.8, 4) is 0 Å². The van der Waals surface area contributed by atoms with Gasteiger partial charge in [-0.25, -0.2) is 9.59 Å². The molecule has 0 aliphatic carbocycles. The van der Waals surface area contributed by atoms with Crippen LogP contribution in [-0.2, 0) is 19.1 Å². The van der Waals surface area contributed by atoms with E-state index in [2.05, 4.69) is 10.1 Å². The average Bonchev–Trinajstić information content (AvgIpc) is 2.42. The molecule has 1 aromatic carbocycles. The van der Waals surface area contributed by atoms with Crippen molar-refractivity contribution in [1.82, 2.24) is 0 Å². The Kier molecular flexibility index (Phi) is 8.91. The smallest absolute Gasteiger partial charge is 0.331 e. The van der Waals surface area contributed by atoms with Crippen LogP contribution in [0.2, 0.25) is 0 Å². The van der Waals surface area contributed by atoms with Crippen LogP contribution in [0.4, 0.5) is 5.69 Å². The molecule has 19 heavy (non-hydrogen) atoms. The predicted molar refractivity (Wildman–Crippen MR) is 74.3 cm³/mol. The molecular weight excluding hydrogens is 270 g/mol. The third-order valence-corrected chi connectivity index (χ3v) is 2.01. The van der Waals surface area contributed by atoms with Gasteiger partial charge < -0.3 is 14.8 Å². The number of halogens is 1. The Morgan fingerprint density at radius 2 is 1.79 bits per heavy atom. The molecule has 0 aromatic heterocycles. The van der Waals surface area contributed by atoms with Gasteiger partial charge in [0.2, 0.25) is 0 Å². The molecule has 0 saturated heterocycles. The van der Waals surface area contributed by atoms with Crippen molar-refractivity contribution in [2.75, 3.05) is 25.6 Å². The van der Waals surface area contributed by atoms with Crippen molar-refractivity contribution in [3.63, 3.8) is 0 Å². The van der Waals surface area contributed by atoms with Crippen LogP contribution in [0, 0.1) is 0 Å². The van der Waals surface area contributed by atoms with E-state index in [1.807, 2.05) is 30.3 Å². The largest absolute Gasteiger partial charge is 0.466 e. The monoisotopic (exact) mass is 285 g/mol. The number of esters is 2. The number of carbonyl (C=O) groups is 2. The number of hydrogen-bond acceptors (Lipinski definition) is 5. The second kappa shape index (κ2) is 9.96. The molecule has 0 unspecified atom stereocenters. The average molecular weight is 286 g/mol. The third-order valence-electron chi connectivity index (χ3n) is 2.01. The Balaban J connectivity index is 0.00000324. The molecule has 0 amide bonds. The first-order chi connectivity index (χ1) is 8.72. The molecule has 0 bridgehead atoms. The first-order valence-electron chi connectivity index (χ1n) is 5.44. The normalized spacial score (nSPS) is 9.53. The summed E-state index contributed by atoms with van der Waals surface area (Å²) in [4.78, 5) is 21.8. The molecule has 0 spiro atoms. The molecule has 0 radical (unpaired) electrons. The van der Waals surface area contributed by atoms with Crippen LogP contribution in [0.1, 0.15) is 0 Å². The number of benzene rings is 1. The number of para-hydroxylation sites is 1. The van der Waals surface area contributed by atoms with E-state index in [0.717, 1.165) is 17.8 Å². The summed E-state index contributed by atoms with van der Waals surface area (Å²) < 4.78 is 9.20. The third kappa shape index (κ3) is 7.83. The van der Waals surface area contributed by atoms with Gasteiger partial charge in [-0.2, -0.15) is 0 Å². The first-order valence-corrected chi connectivity index (χ1v) is 5.44. The van der Waals surface area contributed by atoms with E-state index in [9.17, 15) is 9.59 Å². The fourth-order valence-electron chi connectivity index (χ4n) is 1.16. The van der Waals surface area contributed by atoms with E-state index in [4.69, 9.17) is 4.74 Å². The standard InChI is InChI=1S/C13H15NO4.ClH/c1-17-12(15)7-8-13(16)18-10-9-14-11-5-3-2-4-6-11;/h2-8,14H,9-10H2,1H3;1H/b8-7+;. The van der Waals surface area contributed by atoms with Gasteiger partial charge in [0.15, 0.2) is 0 Å². The zero-order chi connectivity index (χ0) is 13.2. The summed E-state index contributed by atoms with van der Waals surface area (Å²) in [5.74, 6) is -1.16. The van der Waals surface area contributed by atoms with Crippen LogP contribution in [0.5, 0.6) is 0 Å². The Morgan fingerprint density at radius 3 is 2.42 bits per heavy atom. The Morgan fingerprint density at radius 1 is 1.16 bits per heavy atom.